The predicted molar refractivity (Wildman–Crippen MR) is 82.8 cm³/mol. The first-order valence-corrected chi connectivity index (χ1v) is 7.97. The van der Waals surface area contributed by atoms with Gasteiger partial charge in [0.15, 0.2) is 0 Å². The van der Waals surface area contributed by atoms with E-state index < -0.39 is 15.8 Å². The van der Waals surface area contributed by atoms with Gasteiger partial charge in [-0.2, -0.15) is 0 Å². The third-order valence-corrected chi connectivity index (χ3v) is 4.77. The molecule has 112 valence electrons. The summed E-state index contributed by atoms with van der Waals surface area (Å²) in [7, 11) is -3.93. The molecule has 2 aromatic rings. The molecule has 0 atom stereocenters. The number of aryl methyl sites for hydroxylation is 1. The summed E-state index contributed by atoms with van der Waals surface area (Å²) in [4.78, 5) is -0.0372. The summed E-state index contributed by atoms with van der Waals surface area (Å²) < 4.78 is 40.2. The smallest absolute Gasteiger partial charge is 0.262 e. The van der Waals surface area contributed by atoms with E-state index in [-0.39, 0.29) is 26.3 Å². The van der Waals surface area contributed by atoms with Crippen molar-refractivity contribution in [3.8, 4) is 0 Å². The van der Waals surface area contributed by atoms with Gasteiger partial charge >= 0.3 is 0 Å². The van der Waals surface area contributed by atoms with Gasteiger partial charge in [-0.3, -0.25) is 4.72 Å². The molecule has 0 bridgehead atoms. The molecular formula is C13H11Cl2FN2O2S. The van der Waals surface area contributed by atoms with Gasteiger partial charge in [0, 0.05) is 5.02 Å². The second-order valence-electron chi connectivity index (χ2n) is 4.40. The largest absolute Gasteiger partial charge is 0.397 e. The van der Waals surface area contributed by atoms with Crippen molar-refractivity contribution in [1.29, 1.82) is 0 Å². The van der Waals surface area contributed by atoms with E-state index in [0.29, 0.717) is 5.56 Å². The highest BCUT2D eigenvalue weighted by Gasteiger charge is 2.19. The lowest BCUT2D eigenvalue weighted by molar-refractivity contribution is 0.600. The maximum absolute atomic E-state index is 13.2. The first-order valence-electron chi connectivity index (χ1n) is 5.73. The second kappa shape index (κ2) is 5.71. The lowest BCUT2D eigenvalue weighted by Crippen LogP contribution is -2.15. The fourth-order valence-corrected chi connectivity index (χ4v) is 3.52. The van der Waals surface area contributed by atoms with E-state index in [2.05, 4.69) is 4.72 Å². The van der Waals surface area contributed by atoms with E-state index in [1.165, 1.54) is 18.2 Å². The van der Waals surface area contributed by atoms with Gasteiger partial charge in [-0.25, -0.2) is 12.8 Å². The normalized spacial score (nSPS) is 11.4. The lowest BCUT2D eigenvalue weighted by atomic mass is 10.2. The van der Waals surface area contributed by atoms with Crippen LogP contribution in [0.1, 0.15) is 5.56 Å². The van der Waals surface area contributed by atoms with Gasteiger partial charge < -0.3 is 5.73 Å². The van der Waals surface area contributed by atoms with Crippen LogP contribution in [-0.2, 0) is 10.0 Å². The predicted octanol–water partition coefficient (Wildman–Crippen LogP) is 3.82. The molecule has 0 unspecified atom stereocenters. The van der Waals surface area contributed by atoms with Gasteiger partial charge in [0.1, 0.15) is 5.82 Å². The van der Waals surface area contributed by atoms with Gasteiger partial charge in [-0.1, -0.05) is 23.2 Å². The Bertz CT molecular complexity index is 790. The molecule has 8 heteroatoms. The molecule has 0 fully saturated rings. The summed E-state index contributed by atoms with van der Waals surface area (Å²) >= 11 is 11.5. The van der Waals surface area contributed by atoms with Crippen molar-refractivity contribution in [3.05, 3.63) is 51.8 Å². The summed E-state index contributed by atoms with van der Waals surface area (Å²) in [6.07, 6.45) is 0. The van der Waals surface area contributed by atoms with Crippen molar-refractivity contribution in [3.63, 3.8) is 0 Å². The third kappa shape index (κ3) is 3.58. The van der Waals surface area contributed by atoms with Crippen molar-refractivity contribution >= 4 is 44.6 Å². The summed E-state index contributed by atoms with van der Waals surface area (Å²) in [5, 5.41) is 0.347. The van der Waals surface area contributed by atoms with Gasteiger partial charge in [0.2, 0.25) is 0 Å². The molecular weight excluding hydrogens is 338 g/mol. The zero-order chi connectivity index (χ0) is 15.8. The summed E-state index contributed by atoms with van der Waals surface area (Å²) in [5.74, 6) is -0.646. The Hall–Kier alpha value is -1.50. The Morgan fingerprint density at radius 1 is 1.14 bits per heavy atom. The van der Waals surface area contributed by atoms with Crippen LogP contribution < -0.4 is 10.5 Å². The van der Waals surface area contributed by atoms with Crippen LogP contribution in [0.15, 0.2) is 35.2 Å². The fraction of sp³-hybridized carbons (Fsp3) is 0.0769. The van der Waals surface area contributed by atoms with Crippen molar-refractivity contribution in [2.45, 2.75) is 11.8 Å². The van der Waals surface area contributed by atoms with Crippen LogP contribution in [0.5, 0.6) is 0 Å². The number of nitrogens with one attached hydrogen (secondary N) is 1. The van der Waals surface area contributed by atoms with E-state index in [1.54, 1.807) is 6.92 Å². The Labute approximate surface area is 131 Å². The number of hydrogen-bond donors (Lipinski definition) is 2. The first-order chi connectivity index (χ1) is 9.69. The summed E-state index contributed by atoms with van der Waals surface area (Å²) in [5.41, 5.74) is 6.20. The standard InChI is InChI=1S/C13H11Cl2FN2O2S/c1-7-2-11(15)12(17)6-13(7)21(19,20)18-10-4-8(14)3-9(16)5-10/h2-6,18H,17H2,1H3. The van der Waals surface area contributed by atoms with Crippen LogP contribution in [-0.4, -0.2) is 8.42 Å². The van der Waals surface area contributed by atoms with Crippen molar-refractivity contribution in [2.24, 2.45) is 0 Å². The molecule has 4 nitrogen and oxygen atoms in total. The van der Waals surface area contributed by atoms with E-state index in [4.69, 9.17) is 28.9 Å². The number of nitrogens with two attached hydrogens (primary N) is 1. The molecule has 0 aliphatic rings. The molecule has 0 spiro atoms. The third-order valence-electron chi connectivity index (χ3n) is 2.70. The molecule has 21 heavy (non-hydrogen) atoms. The highest BCUT2D eigenvalue weighted by molar-refractivity contribution is 7.92. The maximum atomic E-state index is 13.2. The number of halogens is 3. The molecule has 0 amide bonds. The molecule has 0 saturated heterocycles. The van der Waals surface area contributed by atoms with Crippen molar-refractivity contribution < 1.29 is 12.8 Å². The van der Waals surface area contributed by atoms with E-state index >= 15 is 0 Å². The number of sulfonamides is 1. The second-order valence-corrected chi connectivity index (χ2v) is 6.90. The van der Waals surface area contributed by atoms with Gasteiger partial charge in [0.05, 0.1) is 21.3 Å². The van der Waals surface area contributed by atoms with E-state index in [1.807, 2.05) is 0 Å². The topological polar surface area (TPSA) is 72.2 Å². The number of nitrogen functional groups attached to an aromatic ring is 1. The lowest BCUT2D eigenvalue weighted by Gasteiger charge is -2.12. The Morgan fingerprint density at radius 3 is 2.43 bits per heavy atom. The van der Waals surface area contributed by atoms with Crippen LogP contribution in [0.4, 0.5) is 15.8 Å². The molecule has 0 aliphatic heterocycles. The average molecular weight is 349 g/mol. The zero-order valence-corrected chi connectivity index (χ0v) is 13.2. The minimum atomic E-state index is -3.93. The quantitative estimate of drug-likeness (QED) is 0.828. The van der Waals surface area contributed by atoms with Crippen molar-refractivity contribution in [1.82, 2.24) is 0 Å². The van der Waals surface area contributed by atoms with Crippen LogP contribution in [0, 0.1) is 12.7 Å². The number of hydrogen-bond acceptors (Lipinski definition) is 3. The van der Waals surface area contributed by atoms with Crippen LogP contribution >= 0.6 is 23.2 Å². The molecule has 2 rings (SSSR count). The van der Waals surface area contributed by atoms with E-state index in [0.717, 1.165) is 12.1 Å². The monoisotopic (exact) mass is 348 g/mol. The van der Waals surface area contributed by atoms with Crippen LogP contribution in [0.3, 0.4) is 0 Å². The minimum absolute atomic E-state index is 0.0212. The Morgan fingerprint density at radius 2 is 1.81 bits per heavy atom. The fourth-order valence-electron chi connectivity index (χ4n) is 1.78. The minimum Gasteiger partial charge on any atom is -0.397 e. The van der Waals surface area contributed by atoms with Gasteiger partial charge in [0.25, 0.3) is 10.0 Å². The first kappa shape index (κ1) is 15.9. The highest BCUT2D eigenvalue weighted by atomic mass is 35.5. The molecule has 3 N–H and O–H groups in total. The van der Waals surface area contributed by atoms with E-state index in [9.17, 15) is 12.8 Å². The Balaban J connectivity index is 2.45. The summed E-state index contributed by atoms with van der Waals surface area (Å²) in [6, 6.07) is 6.10. The average Bonchev–Trinajstić information content (AvgIpc) is 2.31. The molecule has 0 heterocycles. The number of anilines is 2. The van der Waals surface area contributed by atoms with Crippen LogP contribution in [0.2, 0.25) is 10.0 Å². The highest BCUT2D eigenvalue weighted by Crippen LogP contribution is 2.28. The Kier molecular flexibility index (Phi) is 4.32. The van der Waals surface area contributed by atoms with Gasteiger partial charge in [-0.15, -0.1) is 0 Å². The van der Waals surface area contributed by atoms with Crippen molar-refractivity contribution in [2.75, 3.05) is 10.5 Å². The zero-order valence-electron chi connectivity index (χ0n) is 10.8. The van der Waals surface area contributed by atoms with Gasteiger partial charge in [-0.05, 0) is 42.8 Å². The van der Waals surface area contributed by atoms with Crippen LogP contribution in [0.25, 0.3) is 0 Å². The molecule has 2 aromatic carbocycles. The SMILES string of the molecule is Cc1cc(Cl)c(N)cc1S(=O)(=O)Nc1cc(F)cc(Cl)c1. The molecule has 0 aliphatic carbocycles. The molecule has 0 aromatic heterocycles. The molecule has 0 radical (unpaired) electrons. The molecule has 0 saturated carbocycles. The number of benzene rings is 2. The maximum Gasteiger partial charge on any atom is 0.262 e. The summed E-state index contributed by atoms with van der Waals surface area (Å²) in [6.45, 7) is 1.58. The number of rotatable bonds is 3.